The summed E-state index contributed by atoms with van der Waals surface area (Å²) in [6, 6.07) is 0. The molecule has 0 atom stereocenters. The van der Waals surface area contributed by atoms with Gasteiger partial charge in [0.2, 0.25) is 5.91 Å². The first kappa shape index (κ1) is 15.0. The van der Waals surface area contributed by atoms with Crippen molar-refractivity contribution in [1.82, 2.24) is 20.4 Å². The molecule has 0 bridgehead atoms. The lowest BCUT2D eigenvalue weighted by Gasteiger charge is -2.16. The van der Waals surface area contributed by atoms with Gasteiger partial charge in [-0.25, -0.2) is 0 Å². The van der Waals surface area contributed by atoms with Crippen molar-refractivity contribution in [2.75, 3.05) is 39.6 Å². The zero-order chi connectivity index (χ0) is 14.4. The van der Waals surface area contributed by atoms with Gasteiger partial charge in [0.25, 0.3) is 5.91 Å². The van der Waals surface area contributed by atoms with E-state index >= 15 is 0 Å². The maximum atomic E-state index is 12.1. The number of hydrogen-bond acceptors (Lipinski definition) is 5. The van der Waals surface area contributed by atoms with E-state index in [0.717, 1.165) is 0 Å². The fraction of sp³-hybridized carbons (Fsp3) is 0.545. The molecule has 0 saturated heterocycles. The fourth-order valence-corrected chi connectivity index (χ4v) is 1.54. The zero-order valence-corrected chi connectivity index (χ0v) is 11.3. The maximum absolute atomic E-state index is 12.1. The quantitative estimate of drug-likeness (QED) is 0.581. The molecular formula is C11H19N5O3. The first-order valence-corrected chi connectivity index (χ1v) is 5.79. The second kappa shape index (κ2) is 6.74. The summed E-state index contributed by atoms with van der Waals surface area (Å²) in [5, 5.41) is 9.01. The highest BCUT2D eigenvalue weighted by Crippen LogP contribution is 2.14. The molecule has 0 saturated carbocycles. The second-order valence-electron chi connectivity index (χ2n) is 4.11. The number of amides is 2. The summed E-state index contributed by atoms with van der Waals surface area (Å²) in [7, 11) is 3.08. The number of anilines is 1. The molecule has 0 aromatic carbocycles. The Balaban J connectivity index is 2.56. The van der Waals surface area contributed by atoms with Crippen molar-refractivity contribution in [3.05, 3.63) is 11.3 Å². The van der Waals surface area contributed by atoms with Crippen LogP contribution in [0, 0.1) is 6.92 Å². The highest BCUT2D eigenvalue weighted by atomic mass is 16.5. The van der Waals surface area contributed by atoms with Crippen molar-refractivity contribution < 1.29 is 14.3 Å². The monoisotopic (exact) mass is 269 g/mol. The third-order valence-electron chi connectivity index (χ3n) is 2.54. The molecule has 8 heteroatoms. The predicted octanol–water partition coefficient (Wildman–Crippen LogP) is -0.865. The van der Waals surface area contributed by atoms with Crippen LogP contribution in [0.4, 0.5) is 5.82 Å². The third kappa shape index (κ3) is 3.95. The van der Waals surface area contributed by atoms with Crippen LogP contribution >= 0.6 is 0 Å². The summed E-state index contributed by atoms with van der Waals surface area (Å²) in [5.74, 6) is -0.465. The van der Waals surface area contributed by atoms with E-state index in [-0.39, 0.29) is 24.2 Å². The van der Waals surface area contributed by atoms with Gasteiger partial charge in [-0.05, 0) is 6.92 Å². The van der Waals surface area contributed by atoms with E-state index in [9.17, 15) is 9.59 Å². The number of aryl methyl sites for hydroxylation is 1. The minimum Gasteiger partial charge on any atom is -0.383 e. The average molecular weight is 269 g/mol. The van der Waals surface area contributed by atoms with Gasteiger partial charge < -0.3 is 20.7 Å². The molecule has 0 spiro atoms. The summed E-state index contributed by atoms with van der Waals surface area (Å²) in [5.41, 5.74) is 6.48. The Bertz CT molecular complexity index is 438. The molecule has 0 fully saturated rings. The van der Waals surface area contributed by atoms with Crippen LogP contribution in [0.2, 0.25) is 0 Å². The Kier molecular flexibility index (Phi) is 5.31. The highest BCUT2D eigenvalue weighted by molar-refractivity contribution is 6.00. The van der Waals surface area contributed by atoms with Crippen LogP contribution in [-0.2, 0) is 9.53 Å². The maximum Gasteiger partial charge on any atom is 0.259 e. The molecule has 19 heavy (non-hydrogen) atoms. The molecule has 1 aromatic rings. The number of hydrogen-bond donors (Lipinski definition) is 3. The number of aromatic amines is 1. The normalized spacial score (nSPS) is 10.3. The van der Waals surface area contributed by atoms with Crippen molar-refractivity contribution in [1.29, 1.82) is 0 Å². The van der Waals surface area contributed by atoms with Gasteiger partial charge >= 0.3 is 0 Å². The molecule has 0 radical (unpaired) electrons. The number of carbonyl (C=O) groups is 2. The molecule has 1 aromatic heterocycles. The van der Waals surface area contributed by atoms with Crippen LogP contribution in [0.3, 0.4) is 0 Å². The second-order valence-corrected chi connectivity index (χ2v) is 4.11. The summed E-state index contributed by atoms with van der Waals surface area (Å²) < 4.78 is 4.81. The molecule has 1 rings (SSSR count). The standard InChI is InChI=1S/C11H19N5O3/c1-7-9(10(12)15-14-7)11(18)16(2)6-8(17)13-4-5-19-3/h4-6H2,1-3H3,(H,13,17)(H3,12,14,15). The SMILES string of the molecule is COCCNC(=O)CN(C)C(=O)c1c(N)n[nH]c1C. The van der Waals surface area contributed by atoms with E-state index < -0.39 is 0 Å². The van der Waals surface area contributed by atoms with E-state index in [1.54, 1.807) is 14.0 Å². The zero-order valence-electron chi connectivity index (χ0n) is 11.3. The summed E-state index contributed by atoms with van der Waals surface area (Å²) in [6.45, 7) is 2.48. The smallest absolute Gasteiger partial charge is 0.259 e. The van der Waals surface area contributed by atoms with Gasteiger partial charge in [-0.1, -0.05) is 0 Å². The number of rotatable bonds is 6. The van der Waals surface area contributed by atoms with Gasteiger partial charge in [0.15, 0.2) is 5.82 Å². The Morgan fingerprint density at radius 1 is 1.53 bits per heavy atom. The molecule has 1 heterocycles. The number of ether oxygens (including phenoxy) is 1. The van der Waals surface area contributed by atoms with Crippen LogP contribution in [0.5, 0.6) is 0 Å². The van der Waals surface area contributed by atoms with Crippen LogP contribution in [0.15, 0.2) is 0 Å². The largest absolute Gasteiger partial charge is 0.383 e. The molecule has 0 unspecified atom stereocenters. The van der Waals surface area contributed by atoms with E-state index in [1.807, 2.05) is 0 Å². The fourth-order valence-electron chi connectivity index (χ4n) is 1.54. The summed E-state index contributed by atoms with van der Waals surface area (Å²) in [6.07, 6.45) is 0. The molecular weight excluding hydrogens is 250 g/mol. The molecule has 2 amide bonds. The van der Waals surface area contributed by atoms with Crippen molar-refractivity contribution >= 4 is 17.6 Å². The Morgan fingerprint density at radius 3 is 2.74 bits per heavy atom. The highest BCUT2D eigenvalue weighted by Gasteiger charge is 2.21. The molecule has 4 N–H and O–H groups in total. The molecule has 0 aliphatic carbocycles. The number of nitrogens with one attached hydrogen (secondary N) is 2. The average Bonchev–Trinajstić information content (AvgIpc) is 2.68. The summed E-state index contributed by atoms with van der Waals surface area (Å²) in [4.78, 5) is 24.9. The Morgan fingerprint density at radius 2 is 2.21 bits per heavy atom. The molecule has 0 aliphatic heterocycles. The molecule has 106 valence electrons. The lowest BCUT2D eigenvalue weighted by Crippen LogP contribution is -2.39. The van der Waals surface area contributed by atoms with Gasteiger partial charge in [-0.2, -0.15) is 5.10 Å². The van der Waals surface area contributed by atoms with Gasteiger partial charge in [0.05, 0.1) is 13.2 Å². The topological polar surface area (TPSA) is 113 Å². The van der Waals surface area contributed by atoms with Gasteiger partial charge in [0.1, 0.15) is 5.56 Å². The Hall–Kier alpha value is -2.09. The number of H-pyrrole nitrogens is 1. The van der Waals surface area contributed by atoms with E-state index in [0.29, 0.717) is 24.4 Å². The number of nitrogen functional groups attached to an aromatic ring is 1. The van der Waals surface area contributed by atoms with Crippen molar-refractivity contribution in [3.63, 3.8) is 0 Å². The minimum absolute atomic E-state index is 0.0490. The van der Waals surface area contributed by atoms with E-state index in [4.69, 9.17) is 10.5 Å². The lowest BCUT2D eigenvalue weighted by atomic mass is 10.2. The Labute approximate surface area is 111 Å². The third-order valence-corrected chi connectivity index (χ3v) is 2.54. The molecule has 8 nitrogen and oxygen atoms in total. The number of carbonyl (C=O) groups excluding carboxylic acids is 2. The first-order valence-electron chi connectivity index (χ1n) is 5.79. The van der Waals surface area contributed by atoms with Crippen LogP contribution in [0.25, 0.3) is 0 Å². The van der Waals surface area contributed by atoms with E-state index in [1.165, 1.54) is 11.9 Å². The minimum atomic E-state index is -0.342. The molecule has 0 aliphatic rings. The van der Waals surface area contributed by atoms with Crippen LogP contribution in [-0.4, -0.2) is 60.8 Å². The number of methoxy groups -OCH3 is 1. The van der Waals surface area contributed by atoms with Crippen molar-refractivity contribution in [2.24, 2.45) is 0 Å². The van der Waals surface area contributed by atoms with Gasteiger partial charge in [0, 0.05) is 26.4 Å². The van der Waals surface area contributed by atoms with Crippen LogP contribution < -0.4 is 11.1 Å². The van der Waals surface area contributed by atoms with Crippen molar-refractivity contribution in [2.45, 2.75) is 6.92 Å². The first-order chi connectivity index (χ1) is 8.97. The number of likely N-dealkylation sites (N-methyl/N-ethyl adjacent to an activating group) is 1. The number of nitrogens with two attached hydrogens (primary N) is 1. The van der Waals surface area contributed by atoms with E-state index in [2.05, 4.69) is 15.5 Å². The summed E-state index contributed by atoms with van der Waals surface area (Å²) >= 11 is 0. The van der Waals surface area contributed by atoms with Gasteiger partial charge in [-0.3, -0.25) is 14.7 Å². The van der Waals surface area contributed by atoms with Crippen molar-refractivity contribution in [3.8, 4) is 0 Å². The number of nitrogens with zero attached hydrogens (tertiary/aromatic N) is 2. The van der Waals surface area contributed by atoms with Crippen LogP contribution in [0.1, 0.15) is 16.1 Å². The predicted molar refractivity (Wildman–Crippen MR) is 69.6 cm³/mol. The number of aromatic nitrogens is 2. The van der Waals surface area contributed by atoms with Gasteiger partial charge in [-0.15, -0.1) is 0 Å². The lowest BCUT2D eigenvalue weighted by molar-refractivity contribution is -0.121.